The minimum absolute atomic E-state index is 0.0479. The number of fused-ring (bicyclic) bond motifs is 3. The van der Waals surface area contributed by atoms with E-state index in [1.807, 2.05) is 31.2 Å². The first kappa shape index (κ1) is 26.5. The van der Waals surface area contributed by atoms with E-state index in [2.05, 4.69) is 0 Å². The zero-order chi connectivity index (χ0) is 27.4. The third kappa shape index (κ3) is 4.65. The lowest BCUT2D eigenvalue weighted by Gasteiger charge is -2.46. The number of halogens is 3. The summed E-state index contributed by atoms with van der Waals surface area (Å²) in [6, 6.07) is 7.39. The summed E-state index contributed by atoms with van der Waals surface area (Å²) in [7, 11) is 0. The van der Waals surface area contributed by atoms with Crippen molar-refractivity contribution in [3.05, 3.63) is 47.0 Å². The third-order valence-electron chi connectivity index (χ3n) is 7.67. The molecular weight excluding hydrogens is 501 g/mol. The number of imidazole rings is 1. The number of aliphatic hydroxyl groups is 1. The predicted octanol–water partition coefficient (Wildman–Crippen LogP) is 4.49. The maximum Gasteiger partial charge on any atom is 0.410 e. The Morgan fingerprint density at radius 1 is 1.26 bits per heavy atom. The Hall–Kier alpha value is -3.08. The Morgan fingerprint density at radius 2 is 1.97 bits per heavy atom. The maximum absolute atomic E-state index is 13.9. The van der Waals surface area contributed by atoms with Gasteiger partial charge in [0, 0.05) is 31.7 Å². The van der Waals surface area contributed by atoms with Gasteiger partial charge in [-0.25, -0.2) is 9.78 Å². The van der Waals surface area contributed by atoms with Crippen LogP contribution >= 0.6 is 0 Å². The second kappa shape index (κ2) is 9.59. The number of amides is 2. The number of hydrogen-bond acceptors (Lipinski definition) is 5. The second-order valence-electron chi connectivity index (χ2n) is 11.1. The molecule has 0 radical (unpaired) electrons. The van der Waals surface area contributed by atoms with Crippen molar-refractivity contribution < 1.29 is 32.6 Å². The summed E-state index contributed by atoms with van der Waals surface area (Å²) >= 11 is 0. The van der Waals surface area contributed by atoms with Gasteiger partial charge in [0.2, 0.25) is 5.91 Å². The van der Waals surface area contributed by atoms with Crippen LogP contribution in [-0.2, 0) is 34.5 Å². The van der Waals surface area contributed by atoms with E-state index in [4.69, 9.17) is 9.72 Å². The fraction of sp³-hybridized carbons (Fsp3) is 0.593. The van der Waals surface area contributed by atoms with Crippen molar-refractivity contribution in [2.45, 2.75) is 83.3 Å². The topological polar surface area (TPSA) is 87.9 Å². The van der Waals surface area contributed by atoms with E-state index in [1.54, 1.807) is 23.3 Å². The summed E-state index contributed by atoms with van der Waals surface area (Å²) in [5.41, 5.74) is 1.85. The van der Waals surface area contributed by atoms with E-state index >= 15 is 0 Å². The van der Waals surface area contributed by atoms with Gasteiger partial charge in [0.05, 0.1) is 30.1 Å². The van der Waals surface area contributed by atoms with Crippen molar-refractivity contribution in [3.63, 3.8) is 0 Å². The molecule has 2 amide bonds. The normalized spacial score (nSPS) is 22.1. The van der Waals surface area contributed by atoms with Crippen LogP contribution in [0, 0.1) is 5.92 Å². The highest BCUT2D eigenvalue weighted by Gasteiger charge is 2.59. The fourth-order valence-electron chi connectivity index (χ4n) is 6.02. The summed E-state index contributed by atoms with van der Waals surface area (Å²) in [6.45, 7) is 6.03. The number of alkyl halides is 3. The number of carbonyl (C=O) groups excluding carboxylic acids is 2. The molecule has 1 aromatic heterocycles. The van der Waals surface area contributed by atoms with E-state index in [0.717, 1.165) is 5.56 Å². The Bertz CT molecular complexity index is 1240. The van der Waals surface area contributed by atoms with Crippen LogP contribution in [0.3, 0.4) is 0 Å². The number of likely N-dealkylation sites (tertiary alicyclic amines) is 1. The van der Waals surface area contributed by atoms with Gasteiger partial charge in [-0.1, -0.05) is 25.1 Å². The zero-order valence-corrected chi connectivity index (χ0v) is 21.8. The molecule has 11 heteroatoms. The number of para-hydroxylation sites is 1. The first-order chi connectivity index (χ1) is 17.9. The van der Waals surface area contributed by atoms with Gasteiger partial charge in [-0.3, -0.25) is 4.79 Å². The Balaban J connectivity index is 1.44. The number of aromatic nitrogens is 2. The van der Waals surface area contributed by atoms with E-state index < -0.39 is 30.2 Å². The number of ether oxygens (including phenoxy) is 1. The number of nitrogens with zero attached hydrogens (tertiary/aromatic N) is 4. The molecule has 3 heterocycles. The monoisotopic (exact) mass is 534 g/mol. The zero-order valence-electron chi connectivity index (χ0n) is 21.8. The summed E-state index contributed by atoms with van der Waals surface area (Å²) in [5.74, 6) is 0.470. The van der Waals surface area contributed by atoms with Gasteiger partial charge in [0.25, 0.3) is 0 Å². The largest absolute Gasteiger partial charge is 0.447 e. The molecule has 1 fully saturated rings. The summed E-state index contributed by atoms with van der Waals surface area (Å²) in [4.78, 5) is 34.2. The molecule has 1 spiro atoms. The SMILES string of the molecule is CC(C)OC(=O)N1CC2(C1)C(=O)N(Cc1nc3c(n1CCCC(F)(F)F)C(O)C[C@@H](C)C3)c1ccccc12. The van der Waals surface area contributed by atoms with Crippen LogP contribution < -0.4 is 4.90 Å². The second-order valence-corrected chi connectivity index (χ2v) is 11.1. The number of benzene rings is 1. The van der Waals surface area contributed by atoms with Crippen molar-refractivity contribution in [3.8, 4) is 0 Å². The van der Waals surface area contributed by atoms with Crippen LogP contribution in [0.5, 0.6) is 0 Å². The molecule has 0 saturated carbocycles. The number of hydrogen-bond donors (Lipinski definition) is 1. The number of aliphatic hydroxyl groups excluding tert-OH is 1. The van der Waals surface area contributed by atoms with E-state index in [0.29, 0.717) is 35.7 Å². The molecule has 8 nitrogen and oxygen atoms in total. The fourth-order valence-corrected chi connectivity index (χ4v) is 6.02. The highest BCUT2D eigenvalue weighted by atomic mass is 19.4. The first-order valence-corrected chi connectivity index (χ1v) is 13.1. The first-order valence-electron chi connectivity index (χ1n) is 13.1. The maximum atomic E-state index is 13.9. The molecule has 38 heavy (non-hydrogen) atoms. The predicted molar refractivity (Wildman–Crippen MR) is 132 cm³/mol. The van der Waals surface area contributed by atoms with Crippen molar-refractivity contribution in [1.29, 1.82) is 0 Å². The minimum atomic E-state index is -4.28. The van der Waals surface area contributed by atoms with Gasteiger partial charge in [-0.05, 0) is 50.7 Å². The summed E-state index contributed by atoms with van der Waals surface area (Å²) in [6.07, 6.45) is -5.81. The van der Waals surface area contributed by atoms with Gasteiger partial charge in [-0.15, -0.1) is 0 Å². The van der Waals surface area contributed by atoms with Crippen LogP contribution in [-0.4, -0.2) is 56.9 Å². The smallest absolute Gasteiger partial charge is 0.410 e. The van der Waals surface area contributed by atoms with Gasteiger partial charge >= 0.3 is 12.3 Å². The molecule has 3 aliphatic rings. The molecule has 206 valence electrons. The number of anilines is 1. The minimum Gasteiger partial charge on any atom is -0.447 e. The lowest BCUT2D eigenvalue weighted by molar-refractivity contribution is -0.136. The van der Waals surface area contributed by atoms with Crippen molar-refractivity contribution in [2.75, 3.05) is 18.0 Å². The Kier molecular flexibility index (Phi) is 6.69. The molecule has 2 atom stereocenters. The Morgan fingerprint density at radius 3 is 2.66 bits per heavy atom. The van der Waals surface area contributed by atoms with Crippen LogP contribution in [0.25, 0.3) is 0 Å². The van der Waals surface area contributed by atoms with Gasteiger partial charge in [-0.2, -0.15) is 13.2 Å². The molecule has 5 rings (SSSR count). The average molecular weight is 535 g/mol. The standard InChI is InChI=1S/C27H33F3N4O4/c1-16(2)38-25(37)32-14-26(15-32)18-7-4-5-8-20(18)34(24(26)36)13-22-31-19-11-17(3)12-21(35)23(19)33(22)10-6-9-27(28,29)30/h4-5,7-8,16-17,21,35H,6,9-15H2,1-3H3/t17-,21?/m0/s1. The summed E-state index contributed by atoms with van der Waals surface area (Å²) in [5, 5.41) is 10.8. The van der Waals surface area contributed by atoms with Crippen molar-refractivity contribution in [1.82, 2.24) is 14.5 Å². The van der Waals surface area contributed by atoms with Crippen LogP contribution in [0.2, 0.25) is 0 Å². The molecule has 1 unspecified atom stereocenters. The van der Waals surface area contributed by atoms with Crippen LogP contribution in [0.4, 0.5) is 23.7 Å². The highest BCUT2D eigenvalue weighted by Crippen LogP contribution is 2.48. The van der Waals surface area contributed by atoms with Gasteiger partial charge < -0.3 is 24.2 Å². The molecule has 2 aromatic rings. The molecule has 1 saturated heterocycles. The van der Waals surface area contributed by atoms with Crippen LogP contribution in [0.15, 0.2) is 24.3 Å². The highest BCUT2D eigenvalue weighted by molar-refractivity contribution is 6.09. The number of rotatable bonds is 6. The molecule has 1 aromatic carbocycles. The summed E-state index contributed by atoms with van der Waals surface area (Å²) < 4.78 is 45.7. The molecule has 1 N–H and O–H groups in total. The van der Waals surface area contributed by atoms with Gasteiger partial charge in [0.15, 0.2) is 0 Å². The lowest BCUT2D eigenvalue weighted by Crippen LogP contribution is -2.65. The number of carbonyl (C=O) groups is 2. The lowest BCUT2D eigenvalue weighted by atomic mass is 9.75. The van der Waals surface area contributed by atoms with E-state index in [1.165, 1.54) is 4.90 Å². The molecule has 2 aliphatic heterocycles. The average Bonchev–Trinajstić information content (AvgIpc) is 3.24. The van der Waals surface area contributed by atoms with E-state index in [-0.39, 0.29) is 50.5 Å². The third-order valence-corrected chi connectivity index (χ3v) is 7.67. The Labute approximate surface area is 219 Å². The van der Waals surface area contributed by atoms with Crippen molar-refractivity contribution >= 4 is 17.7 Å². The van der Waals surface area contributed by atoms with Crippen molar-refractivity contribution in [2.24, 2.45) is 5.92 Å². The molecule has 1 aliphatic carbocycles. The van der Waals surface area contributed by atoms with E-state index in [9.17, 15) is 27.9 Å². The molecular formula is C27H33F3N4O4. The van der Waals surface area contributed by atoms with Gasteiger partial charge in [0.1, 0.15) is 11.2 Å². The van der Waals surface area contributed by atoms with Crippen LogP contribution in [0.1, 0.15) is 68.9 Å². The molecule has 0 bridgehead atoms. The quantitative estimate of drug-likeness (QED) is 0.590.